The van der Waals surface area contributed by atoms with E-state index in [0.29, 0.717) is 19.1 Å². The van der Waals surface area contributed by atoms with Crippen molar-refractivity contribution in [3.8, 4) is 11.5 Å². The summed E-state index contributed by atoms with van der Waals surface area (Å²) in [7, 11) is 3.37. The summed E-state index contributed by atoms with van der Waals surface area (Å²) in [6, 6.07) is 4.43. The maximum atomic E-state index is 5.94. The summed E-state index contributed by atoms with van der Waals surface area (Å²) in [6.45, 7) is 10.3. The highest BCUT2D eigenvalue weighted by molar-refractivity contribution is 5.85. The Balaban J connectivity index is 2.34. The van der Waals surface area contributed by atoms with Crippen molar-refractivity contribution < 1.29 is 14.2 Å². The Kier molecular flexibility index (Phi) is 5.69. The normalized spacial score (nSPS) is 18.8. The van der Waals surface area contributed by atoms with Gasteiger partial charge in [0.1, 0.15) is 0 Å². The molecule has 0 bridgehead atoms. The molecule has 1 aliphatic heterocycles. The fraction of sp³-hybridized carbons (Fsp3) is 0.632. The first kappa shape index (κ1) is 17.8. The molecule has 0 spiro atoms. The van der Waals surface area contributed by atoms with Crippen molar-refractivity contribution in [1.29, 1.82) is 0 Å². The van der Waals surface area contributed by atoms with Gasteiger partial charge in [-0.1, -0.05) is 27.7 Å². The third kappa shape index (κ3) is 3.69. The average molecular weight is 319 g/mol. The second-order valence-electron chi connectivity index (χ2n) is 6.97. The predicted octanol–water partition coefficient (Wildman–Crippen LogP) is 3.85. The van der Waals surface area contributed by atoms with E-state index in [9.17, 15) is 0 Å². The highest BCUT2D eigenvalue weighted by Gasteiger charge is 2.37. The van der Waals surface area contributed by atoms with E-state index < -0.39 is 0 Å². The van der Waals surface area contributed by atoms with Gasteiger partial charge in [0.2, 0.25) is 0 Å². The molecule has 1 aliphatic rings. The minimum absolute atomic E-state index is 0.0326. The molecule has 23 heavy (non-hydrogen) atoms. The Morgan fingerprint density at radius 1 is 1.13 bits per heavy atom. The second kappa shape index (κ2) is 7.35. The topological polar surface area (TPSA) is 40.0 Å². The van der Waals surface area contributed by atoms with Gasteiger partial charge in [0.25, 0.3) is 0 Å². The monoisotopic (exact) mass is 319 g/mol. The molecule has 1 aromatic carbocycles. The van der Waals surface area contributed by atoms with Gasteiger partial charge in [-0.2, -0.15) is 0 Å². The third-order valence-electron chi connectivity index (χ3n) is 4.53. The molecule has 0 N–H and O–H groups in total. The van der Waals surface area contributed by atoms with Crippen LogP contribution in [0.1, 0.15) is 45.2 Å². The van der Waals surface area contributed by atoms with Crippen molar-refractivity contribution in [2.24, 2.45) is 10.9 Å². The van der Waals surface area contributed by atoms with Gasteiger partial charge in [-0.15, -0.1) is 0 Å². The standard InChI is InChI=1S/C19H29NO3/c1-13(2)18-19(3,4)15-11-17(23-9-7-8-21-5)16(22-6)10-14(15)12-20-18/h10-13,18H,7-9H2,1-6H3. The van der Waals surface area contributed by atoms with Crippen molar-refractivity contribution in [2.75, 3.05) is 27.4 Å². The Labute approximate surface area is 139 Å². The van der Waals surface area contributed by atoms with Crippen molar-refractivity contribution in [1.82, 2.24) is 0 Å². The SMILES string of the molecule is COCCCOc1cc2c(cc1OC)C=NC(C(C)C)C2(C)C. The lowest BCUT2D eigenvalue weighted by molar-refractivity contribution is 0.170. The molecule has 1 atom stereocenters. The number of aliphatic imine (C=N–C) groups is 1. The Bertz CT molecular complexity index is 564. The van der Waals surface area contributed by atoms with Crippen LogP contribution in [-0.2, 0) is 10.2 Å². The van der Waals surface area contributed by atoms with E-state index in [1.807, 2.05) is 12.3 Å². The molecule has 0 aliphatic carbocycles. The lowest BCUT2D eigenvalue weighted by Gasteiger charge is -2.39. The predicted molar refractivity (Wildman–Crippen MR) is 94.2 cm³/mol. The van der Waals surface area contributed by atoms with Crippen LogP contribution in [0, 0.1) is 5.92 Å². The number of fused-ring (bicyclic) bond motifs is 1. The van der Waals surface area contributed by atoms with E-state index in [-0.39, 0.29) is 11.5 Å². The lowest BCUT2D eigenvalue weighted by Crippen LogP contribution is -2.39. The Morgan fingerprint density at radius 3 is 2.48 bits per heavy atom. The van der Waals surface area contributed by atoms with E-state index >= 15 is 0 Å². The molecule has 0 amide bonds. The first-order valence-electron chi connectivity index (χ1n) is 8.29. The zero-order chi connectivity index (χ0) is 17.0. The quantitative estimate of drug-likeness (QED) is 0.717. The van der Waals surface area contributed by atoms with Gasteiger partial charge in [0.15, 0.2) is 11.5 Å². The molecule has 0 saturated heterocycles. The molecular formula is C19H29NO3. The minimum atomic E-state index is -0.0326. The van der Waals surface area contributed by atoms with E-state index in [1.165, 1.54) is 5.56 Å². The summed E-state index contributed by atoms with van der Waals surface area (Å²) in [5.41, 5.74) is 2.36. The largest absolute Gasteiger partial charge is 0.493 e. The average Bonchev–Trinajstić information content (AvgIpc) is 2.50. The lowest BCUT2D eigenvalue weighted by atomic mass is 9.70. The number of benzene rings is 1. The molecule has 0 saturated carbocycles. The molecule has 0 aromatic heterocycles. The first-order valence-corrected chi connectivity index (χ1v) is 8.29. The number of ether oxygens (including phenoxy) is 3. The smallest absolute Gasteiger partial charge is 0.161 e. The van der Waals surface area contributed by atoms with Crippen molar-refractivity contribution >= 4 is 6.21 Å². The molecule has 1 aromatic rings. The molecule has 4 nitrogen and oxygen atoms in total. The maximum absolute atomic E-state index is 5.94. The fourth-order valence-corrected chi connectivity index (χ4v) is 3.41. The van der Waals surface area contributed by atoms with Gasteiger partial charge in [-0.05, 0) is 23.6 Å². The van der Waals surface area contributed by atoms with Gasteiger partial charge >= 0.3 is 0 Å². The van der Waals surface area contributed by atoms with Crippen LogP contribution in [0.3, 0.4) is 0 Å². The van der Waals surface area contributed by atoms with Crippen LogP contribution >= 0.6 is 0 Å². The first-order chi connectivity index (χ1) is 10.9. The number of hydrogen-bond acceptors (Lipinski definition) is 4. The summed E-state index contributed by atoms with van der Waals surface area (Å²) in [5.74, 6) is 2.04. The molecule has 2 rings (SSSR count). The number of methoxy groups -OCH3 is 2. The third-order valence-corrected chi connectivity index (χ3v) is 4.53. The van der Waals surface area contributed by atoms with Crippen LogP contribution in [0.2, 0.25) is 0 Å². The number of rotatable bonds is 7. The fourth-order valence-electron chi connectivity index (χ4n) is 3.41. The zero-order valence-corrected chi connectivity index (χ0v) is 15.2. The minimum Gasteiger partial charge on any atom is -0.493 e. The van der Waals surface area contributed by atoms with E-state index in [4.69, 9.17) is 19.2 Å². The van der Waals surface area contributed by atoms with Crippen molar-refractivity contribution in [3.05, 3.63) is 23.3 Å². The number of nitrogens with zero attached hydrogens (tertiary/aromatic N) is 1. The van der Waals surface area contributed by atoms with Crippen molar-refractivity contribution in [2.45, 2.75) is 45.6 Å². The Morgan fingerprint density at radius 2 is 1.87 bits per heavy atom. The van der Waals surface area contributed by atoms with Gasteiger partial charge in [-0.25, -0.2) is 0 Å². The summed E-state index contributed by atoms with van der Waals surface area (Å²) in [6.07, 6.45) is 2.83. The summed E-state index contributed by atoms with van der Waals surface area (Å²) in [5, 5.41) is 0. The zero-order valence-electron chi connectivity index (χ0n) is 15.2. The van der Waals surface area contributed by atoms with E-state index in [1.54, 1.807) is 14.2 Å². The van der Waals surface area contributed by atoms with Crippen LogP contribution < -0.4 is 9.47 Å². The number of hydrogen-bond donors (Lipinski definition) is 0. The molecule has 0 radical (unpaired) electrons. The highest BCUT2D eigenvalue weighted by Crippen LogP contribution is 2.42. The van der Waals surface area contributed by atoms with E-state index in [0.717, 1.165) is 23.5 Å². The van der Waals surface area contributed by atoms with Crippen LogP contribution in [0.25, 0.3) is 0 Å². The molecule has 128 valence electrons. The van der Waals surface area contributed by atoms with Crippen LogP contribution in [-0.4, -0.2) is 39.7 Å². The van der Waals surface area contributed by atoms with E-state index in [2.05, 4.69) is 33.8 Å². The molecule has 1 heterocycles. The summed E-state index contributed by atoms with van der Waals surface area (Å²) >= 11 is 0. The van der Waals surface area contributed by atoms with Gasteiger partial charge in [0, 0.05) is 37.3 Å². The summed E-state index contributed by atoms with van der Waals surface area (Å²) < 4.78 is 16.5. The van der Waals surface area contributed by atoms with Crippen LogP contribution in [0.15, 0.2) is 17.1 Å². The second-order valence-corrected chi connectivity index (χ2v) is 6.97. The van der Waals surface area contributed by atoms with Gasteiger partial charge in [0.05, 0.1) is 19.8 Å². The maximum Gasteiger partial charge on any atom is 0.161 e. The molecule has 4 heteroatoms. The van der Waals surface area contributed by atoms with Crippen molar-refractivity contribution in [3.63, 3.8) is 0 Å². The van der Waals surface area contributed by atoms with Crippen LogP contribution in [0.5, 0.6) is 11.5 Å². The molecule has 1 unspecified atom stereocenters. The molecular weight excluding hydrogens is 290 g/mol. The molecule has 0 fully saturated rings. The van der Waals surface area contributed by atoms with Crippen LogP contribution in [0.4, 0.5) is 0 Å². The highest BCUT2D eigenvalue weighted by atomic mass is 16.5. The summed E-state index contributed by atoms with van der Waals surface area (Å²) in [4.78, 5) is 4.78. The van der Waals surface area contributed by atoms with Gasteiger partial charge in [-0.3, -0.25) is 4.99 Å². The Hall–Kier alpha value is -1.55. The van der Waals surface area contributed by atoms with Gasteiger partial charge < -0.3 is 14.2 Å².